The highest BCUT2D eigenvalue weighted by atomic mass is 32.2. The molecule has 2 rings (SSSR count). The van der Waals surface area contributed by atoms with E-state index in [0.717, 1.165) is 5.56 Å². The van der Waals surface area contributed by atoms with Crippen molar-refractivity contribution in [2.45, 2.75) is 59.0 Å². The maximum absolute atomic E-state index is 12.7. The Kier molecular flexibility index (Phi) is 6.67. The Hall–Kier alpha value is -2.19. The molecule has 28 heavy (non-hydrogen) atoms. The third kappa shape index (κ3) is 4.44. The quantitative estimate of drug-likeness (QED) is 0.766. The number of amides is 1. The first-order valence-corrected chi connectivity index (χ1v) is 10.8. The van der Waals surface area contributed by atoms with Crippen LogP contribution in [0.25, 0.3) is 0 Å². The molecule has 0 aliphatic heterocycles. The van der Waals surface area contributed by atoms with Gasteiger partial charge in [0.25, 0.3) is 0 Å². The molecule has 2 aromatic rings. The predicted octanol–water partition coefficient (Wildman–Crippen LogP) is 2.63. The highest BCUT2D eigenvalue weighted by Gasteiger charge is 2.28. The average molecular weight is 407 g/mol. The number of rotatable bonds is 7. The minimum absolute atomic E-state index is 0.0345. The predicted molar refractivity (Wildman–Crippen MR) is 110 cm³/mol. The van der Waals surface area contributed by atoms with Crippen LogP contribution in [-0.4, -0.2) is 42.0 Å². The molecule has 0 fully saturated rings. The molecule has 0 saturated carbocycles. The minimum Gasteiger partial charge on any atom is -0.348 e. The summed E-state index contributed by atoms with van der Waals surface area (Å²) in [5.74, 6) is -0.218. The second-order valence-electron chi connectivity index (χ2n) is 7.21. The number of hydrogen-bond acceptors (Lipinski definition) is 4. The number of benzene rings is 1. The number of nitrogens with zero attached hydrogens (tertiary/aromatic N) is 3. The summed E-state index contributed by atoms with van der Waals surface area (Å²) in [5.41, 5.74) is 4.26. The van der Waals surface area contributed by atoms with Crippen LogP contribution < -0.4 is 5.32 Å². The molecular weight excluding hydrogens is 376 g/mol. The van der Waals surface area contributed by atoms with Gasteiger partial charge in [-0.15, -0.1) is 0 Å². The summed E-state index contributed by atoms with van der Waals surface area (Å²) in [6, 6.07) is 5.95. The summed E-state index contributed by atoms with van der Waals surface area (Å²) < 4.78 is 28.1. The number of carbonyl (C=O) groups excluding carboxylic acids is 1. The highest BCUT2D eigenvalue weighted by Crippen LogP contribution is 2.23. The fourth-order valence-corrected chi connectivity index (χ4v) is 4.62. The van der Waals surface area contributed by atoms with E-state index in [0.29, 0.717) is 17.9 Å². The summed E-state index contributed by atoms with van der Waals surface area (Å²) in [5, 5.41) is 7.25. The molecule has 0 radical (unpaired) electrons. The molecule has 0 aliphatic carbocycles. The van der Waals surface area contributed by atoms with Crippen LogP contribution in [0.3, 0.4) is 0 Å². The van der Waals surface area contributed by atoms with Gasteiger partial charge in [0.2, 0.25) is 15.9 Å². The lowest BCUT2D eigenvalue weighted by Gasteiger charge is -2.17. The van der Waals surface area contributed by atoms with E-state index in [-0.39, 0.29) is 23.4 Å². The first-order valence-electron chi connectivity index (χ1n) is 9.35. The Morgan fingerprint density at radius 3 is 2.43 bits per heavy atom. The highest BCUT2D eigenvalue weighted by molar-refractivity contribution is 7.89. The van der Waals surface area contributed by atoms with Crippen molar-refractivity contribution >= 4 is 15.9 Å². The van der Waals surface area contributed by atoms with Crippen molar-refractivity contribution in [2.75, 3.05) is 13.6 Å². The maximum atomic E-state index is 12.7. The standard InChI is InChI=1S/C20H30N4O3S/c1-8-23(7)28(26,27)20-16(5)22-24(17(20)6)12-19(25)21-15(4)18-10-9-13(2)14(3)11-18/h9-11,15H,8,12H2,1-7H3,(H,21,25). The van der Waals surface area contributed by atoms with Crippen molar-refractivity contribution in [1.82, 2.24) is 19.4 Å². The number of nitrogens with one attached hydrogen (secondary N) is 1. The Morgan fingerprint density at radius 1 is 1.21 bits per heavy atom. The summed E-state index contributed by atoms with van der Waals surface area (Å²) in [6.45, 7) is 11.4. The SMILES string of the molecule is CCN(C)S(=O)(=O)c1c(C)nn(CC(=O)NC(C)c2ccc(C)c(C)c2)c1C. The third-order valence-corrected chi connectivity index (χ3v) is 7.32. The molecule has 0 saturated heterocycles. The van der Waals surface area contributed by atoms with Crippen LogP contribution in [0.4, 0.5) is 0 Å². The van der Waals surface area contributed by atoms with Gasteiger partial charge in [0.15, 0.2) is 0 Å². The number of carbonyl (C=O) groups is 1. The van der Waals surface area contributed by atoms with Gasteiger partial charge in [0.05, 0.1) is 17.4 Å². The van der Waals surface area contributed by atoms with Crippen LogP contribution in [0, 0.1) is 27.7 Å². The molecule has 154 valence electrons. The smallest absolute Gasteiger partial charge is 0.246 e. The molecule has 1 amide bonds. The second kappa shape index (κ2) is 8.45. The van der Waals surface area contributed by atoms with Gasteiger partial charge in [-0.05, 0) is 51.3 Å². The summed E-state index contributed by atoms with van der Waals surface area (Å²) in [6.07, 6.45) is 0. The molecule has 1 aromatic carbocycles. The minimum atomic E-state index is -3.62. The van der Waals surface area contributed by atoms with Crippen LogP contribution in [0.1, 0.15) is 48.0 Å². The molecule has 0 aliphatic rings. The van der Waals surface area contributed by atoms with Crippen LogP contribution in [0.15, 0.2) is 23.1 Å². The Balaban J connectivity index is 2.18. The average Bonchev–Trinajstić information content (AvgIpc) is 2.90. The van der Waals surface area contributed by atoms with Gasteiger partial charge in [-0.25, -0.2) is 12.7 Å². The zero-order valence-corrected chi connectivity index (χ0v) is 18.5. The van der Waals surface area contributed by atoms with E-state index in [1.807, 2.05) is 32.9 Å². The first kappa shape index (κ1) is 22.1. The molecule has 1 heterocycles. The molecule has 1 unspecified atom stereocenters. The topological polar surface area (TPSA) is 84.3 Å². The van der Waals surface area contributed by atoms with Crippen LogP contribution in [0.2, 0.25) is 0 Å². The lowest BCUT2D eigenvalue weighted by atomic mass is 10.0. The van der Waals surface area contributed by atoms with Crippen molar-refractivity contribution in [1.29, 1.82) is 0 Å². The Bertz CT molecular complexity index is 980. The van der Waals surface area contributed by atoms with Gasteiger partial charge >= 0.3 is 0 Å². The van der Waals surface area contributed by atoms with Crippen LogP contribution in [-0.2, 0) is 21.4 Å². The maximum Gasteiger partial charge on any atom is 0.246 e. The van der Waals surface area contributed by atoms with E-state index in [2.05, 4.69) is 16.5 Å². The summed E-state index contributed by atoms with van der Waals surface area (Å²) in [4.78, 5) is 12.7. The van der Waals surface area contributed by atoms with Gasteiger partial charge in [-0.3, -0.25) is 9.48 Å². The fourth-order valence-electron chi connectivity index (χ4n) is 3.07. The fraction of sp³-hybridized carbons (Fsp3) is 0.500. The lowest BCUT2D eigenvalue weighted by Crippen LogP contribution is -2.31. The van der Waals surface area contributed by atoms with Gasteiger partial charge in [-0.1, -0.05) is 25.1 Å². The second-order valence-corrected chi connectivity index (χ2v) is 9.19. The molecule has 0 spiro atoms. The Labute approximate surface area is 167 Å². The van der Waals surface area contributed by atoms with Crippen molar-refractivity contribution in [3.8, 4) is 0 Å². The van der Waals surface area contributed by atoms with E-state index in [4.69, 9.17) is 0 Å². The largest absolute Gasteiger partial charge is 0.348 e. The van der Waals surface area contributed by atoms with Gasteiger partial charge < -0.3 is 5.32 Å². The number of aryl methyl sites for hydroxylation is 3. The number of hydrogen-bond donors (Lipinski definition) is 1. The van der Waals surface area contributed by atoms with E-state index in [1.165, 1.54) is 27.2 Å². The Morgan fingerprint density at radius 2 is 1.86 bits per heavy atom. The van der Waals surface area contributed by atoms with Crippen LogP contribution >= 0.6 is 0 Å². The zero-order valence-electron chi connectivity index (χ0n) is 17.7. The monoisotopic (exact) mass is 406 g/mol. The van der Waals surface area contributed by atoms with E-state index < -0.39 is 10.0 Å². The van der Waals surface area contributed by atoms with Gasteiger partial charge in [0, 0.05) is 13.6 Å². The molecule has 1 atom stereocenters. The van der Waals surface area contributed by atoms with Crippen molar-refractivity contribution in [3.05, 3.63) is 46.3 Å². The normalized spacial score (nSPS) is 13.0. The molecule has 7 nitrogen and oxygen atoms in total. The zero-order chi connectivity index (χ0) is 21.2. The molecule has 1 aromatic heterocycles. The van der Waals surface area contributed by atoms with Crippen LogP contribution in [0.5, 0.6) is 0 Å². The number of aromatic nitrogens is 2. The van der Waals surface area contributed by atoms with Crippen molar-refractivity contribution < 1.29 is 13.2 Å². The van der Waals surface area contributed by atoms with Crippen molar-refractivity contribution in [2.24, 2.45) is 0 Å². The van der Waals surface area contributed by atoms with E-state index >= 15 is 0 Å². The van der Waals surface area contributed by atoms with Gasteiger partial charge in [0.1, 0.15) is 11.4 Å². The third-order valence-electron chi connectivity index (χ3n) is 5.13. The first-order chi connectivity index (χ1) is 13.0. The molecule has 1 N–H and O–H groups in total. The molecular formula is C20H30N4O3S. The summed E-state index contributed by atoms with van der Waals surface area (Å²) >= 11 is 0. The van der Waals surface area contributed by atoms with Gasteiger partial charge in [-0.2, -0.15) is 5.10 Å². The lowest BCUT2D eigenvalue weighted by molar-refractivity contribution is -0.122. The van der Waals surface area contributed by atoms with Crippen molar-refractivity contribution in [3.63, 3.8) is 0 Å². The number of sulfonamides is 1. The molecule has 0 bridgehead atoms. The summed E-state index contributed by atoms with van der Waals surface area (Å²) in [7, 11) is -2.09. The van der Waals surface area contributed by atoms with E-state index in [9.17, 15) is 13.2 Å². The van der Waals surface area contributed by atoms with E-state index in [1.54, 1.807) is 20.8 Å². The molecule has 8 heteroatoms.